The summed E-state index contributed by atoms with van der Waals surface area (Å²) in [7, 11) is 1.77. The third kappa shape index (κ3) is 8.39. The molecule has 0 aromatic heterocycles. The fourth-order valence-corrected chi connectivity index (χ4v) is 5.77. The second-order valence-electron chi connectivity index (χ2n) is 6.82. The van der Waals surface area contributed by atoms with Crippen LogP contribution < -0.4 is 7.16 Å². The molecule has 0 bridgehead atoms. The third-order valence-electron chi connectivity index (χ3n) is 4.57. The molecule has 0 fully saturated rings. The first-order valence-electron chi connectivity index (χ1n) is 9.55. The maximum atomic E-state index is 10.7. The van der Waals surface area contributed by atoms with Crippen LogP contribution in [-0.4, -0.2) is 61.9 Å². The van der Waals surface area contributed by atoms with Gasteiger partial charge in [0.1, 0.15) is 0 Å². The standard InChI is InChI=1S/C12H17NO3.2C6H5.Sn/c1-9(13(2)8-11(14)15)12(16)10-6-4-3-5-7-10;2*1-2-4-6-5-3-1;/h3-7,9,12,16H,8H2,1-2H3,(H,14,15);2*1-5H;/q;;;+2/p+2. The second-order valence-corrected chi connectivity index (χ2v) is 10.8. The second kappa shape index (κ2) is 12.4. The van der Waals surface area contributed by atoms with Gasteiger partial charge in [-0.1, -0.05) is 30.3 Å². The summed E-state index contributed by atoms with van der Waals surface area (Å²) in [6, 6.07) is 31.0. The van der Waals surface area contributed by atoms with Crippen molar-refractivity contribution in [3.8, 4) is 0 Å². The zero-order valence-electron chi connectivity index (χ0n) is 16.9. The summed E-state index contributed by atoms with van der Waals surface area (Å²) in [6.07, 6.45) is -0.398. The van der Waals surface area contributed by atoms with E-state index < -0.39 is 33.2 Å². The number of benzene rings is 3. The summed E-state index contributed by atoms with van der Waals surface area (Å²) in [6.45, 7) is 1.97. The van der Waals surface area contributed by atoms with Crippen molar-refractivity contribution in [3.63, 3.8) is 0 Å². The van der Waals surface area contributed by atoms with Crippen LogP contribution in [-0.2, 0) is 4.79 Å². The van der Waals surface area contributed by atoms with E-state index in [2.05, 4.69) is 60.7 Å². The van der Waals surface area contributed by atoms with E-state index in [1.807, 2.05) is 37.3 Å². The molecule has 5 heteroatoms. The van der Waals surface area contributed by atoms with Gasteiger partial charge in [0.15, 0.2) is 12.6 Å². The van der Waals surface area contributed by atoms with Gasteiger partial charge in [-0.15, -0.1) is 0 Å². The zero-order valence-corrected chi connectivity index (χ0v) is 19.7. The Kier molecular flexibility index (Phi) is 9.91. The Morgan fingerprint density at radius 1 is 0.862 bits per heavy atom. The Morgan fingerprint density at radius 2 is 1.28 bits per heavy atom. The maximum absolute atomic E-state index is 10.7. The molecule has 2 unspecified atom stereocenters. The molecule has 4 nitrogen and oxygen atoms in total. The Balaban J connectivity index is 0.000000211. The molecule has 0 radical (unpaired) electrons. The molecule has 0 saturated heterocycles. The minimum absolute atomic E-state index is 0.0728. The molecule has 0 amide bonds. The van der Waals surface area contributed by atoms with Crippen molar-refractivity contribution in [1.29, 1.82) is 0 Å². The zero-order chi connectivity index (χ0) is 21.1. The van der Waals surface area contributed by atoms with Crippen LogP contribution in [0.3, 0.4) is 0 Å². The van der Waals surface area contributed by atoms with Crippen molar-refractivity contribution in [2.75, 3.05) is 13.6 Å². The van der Waals surface area contributed by atoms with E-state index in [0.717, 1.165) is 5.56 Å². The van der Waals surface area contributed by atoms with Crippen LogP contribution in [0.2, 0.25) is 0 Å². The Hall–Kier alpha value is -2.15. The molecule has 3 rings (SSSR count). The topological polar surface area (TPSA) is 66.1 Å². The quantitative estimate of drug-likeness (QED) is 0.365. The molecule has 2 atom stereocenters. The molecule has 29 heavy (non-hydrogen) atoms. The van der Waals surface area contributed by atoms with Gasteiger partial charge in [0, 0.05) is 10.4 Å². The van der Waals surface area contributed by atoms with Crippen LogP contribution in [0.5, 0.6) is 0 Å². The van der Waals surface area contributed by atoms with Crippen molar-refractivity contribution in [3.05, 3.63) is 96.6 Å². The minimum atomic E-state index is -0.616. The number of carbonyl (C=O) groups is 1. The fourth-order valence-electron chi connectivity index (χ4n) is 2.77. The molecule has 3 aromatic rings. The Labute approximate surface area is 183 Å². The number of hydrogen-bond acceptors (Lipinski definition) is 2. The van der Waals surface area contributed by atoms with Crippen molar-refractivity contribution in [2.24, 2.45) is 0 Å². The monoisotopic (exact) mass is 499 g/mol. The van der Waals surface area contributed by atoms with E-state index in [1.54, 1.807) is 11.9 Å². The van der Waals surface area contributed by atoms with E-state index >= 15 is 0 Å². The normalized spacial score (nSPS) is 12.3. The summed E-state index contributed by atoms with van der Waals surface area (Å²) in [5, 5.41) is 15.0. The Morgan fingerprint density at radius 3 is 1.69 bits per heavy atom. The molecule has 0 aliphatic rings. The van der Waals surface area contributed by atoms with Gasteiger partial charge in [0.25, 0.3) is 0 Å². The van der Waals surface area contributed by atoms with Gasteiger partial charge in [-0.2, -0.15) is 0 Å². The summed E-state index contributed by atoms with van der Waals surface area (Å²) in [5.74, 6) is -0.616. The van der Waals surface area contributed by atoms with Gasteiger partial charge in [-0.25, -0.2) is 0 Å². The predicted molar refractivity (Wildman–Crippen MR) is 121 cm³/mol. The van der Waals surface area contributed by atoms with Crippen molar-refractivity contribution in [1.82, 2.24) is 4.90 Å². The molecule has 0 spiro atoms. The van der Waals surface area contributed by atoms with E-state index in [0.29, 0.717) is 0 Å². The molecule has 0 heterocycles. The summed E-state index contributed by atoms with van der Waals surface area (Å²) in [5.41, 5.74) is 0.930. The van der Waals surface area contributed by atoms with Gasteiger partial charge >= 0.3 is 94.9 Å². The molecule has 0 aliphatic heterocycles. The van der Waals surface area contributed by atoms with E-state index in [1.165, 1.54) is 7.16 Å². The number of carbonyl (C=O) groups excluding carboxylic acids is 1. The van der Waals surface area contributed by atoms with Gasteiger partial charge < -0.3 is 10.2 Å². The number of likely N-dealkylation sites (N-methyl/N-ethyl adjacent to an activating group) is 1. The van der Waals surface area contributed by atoms with E-state index in [9.17, 15) is 4.79 Å². The first-order chi connectivity index (χ1) is 14.0. The van der Waals surface area contributed by atoms with Crippen molar-refractivity contribution < 1.29 is 15.0 Å². The average Bonchev–Trinajstić information content (AvgIpc) is 2.75. The molecular formula is C24H29NO3Sn+4. The number of rotatable bonds is 7. The van der Waals surface area contributed by atoms with Crippen LogP contribution in [0.15, 0.2) is 91.0 Å². The van der Waals surface area contributed by atoms with Crippen LogP contribution in [0, 0.1) is 0 Å². The van der Waals surface area contributed by atoms with Gasteiger partial charge in [-0.05, 0) is 14.0 Å². The van der Waals surface area contributed by atoms with Gasteiger partial charge in [-0.3, -0.25) is 4.90 Å². The summed E-state index contributed by atoms with van der Waals surface area (Å²) >= 11 is -0.517. The molecule has 148 valence electrons. The summed E-state index contributed by atoms with van der Waals surface area (Å²) < 4.78 is 3.08. The molecule has 0 aliphatic carbocycles. The molecule has 4 N–H and O–H groups in total. The summed E-state index contributed by atoms with van der Waals surface area (Å²) in [4.78, 5) is 12.4. The van der Waals surface area contributed by atoms with Crippen LogP contribution in [0.4, 0.5) is 0 Å². The fraction of sp³-hybridized carbons (Fsp3) is 0.208. The molecule has 0 saturated carbocycles. The SMILES string of the molecule is CC(C([OH2+])c1ccccc1)N(C)CC(=O)[OH2+].c1cc[c]([Sn+2][c]2ccccc2)cc1. The first kappa shape index (κ1) is 23.1. The van der Waals surface area contributed by atoms with Crippen molar-refractivity contribution in [2.45, 2.75) is 19.1 Å². The molecular weight excluding hydrogens is 469 g/mol. The van der Waals surface area contributed by atoms with Crippen LogP contribution in [0.25, 0.3) is 0 Å². The number of nitrogens with zero attached hydrogens (tertiary/aromatic N) is 1. The predicted octanol–water partition coefficient (Wildman–Crippen LogP) is 1.37. The van der Waals surface area contributed by atoms with Crippen molar-refractivity contribution >= 4 is 34.3 Å². The van der Waals surface area contributed by atoms with E-state index in [4.69, 9.17) is 10.2 Å². The Bertz CT molecular complexity index is 806. The first-order valence-corrected chi connectivity index (χ1v) is 12.4. The van der Waals surface area contributed by atoms with Gasteiger partial charge in [0.05, 0.1) is 6.04 Å². The van der Waals surface area contributed by atoms with Crippen LogP contribution in [0.1, 0.15) is 18.6 Å². The average molecular weight is 498 g/mol. The third-order valence-corrected chi connectivity index (χ3v) is 8.12. The number of hydrogen-bond donors (Lipinski definition) is 0. The van der Waals surface area contributed by atoms with Crippen LogP contribution >= 0.6 is 0 Å². The van der Waals surface area contributed by atoms with Gasteiger partial charge in [0.2, 0.25) is 0 Å². The molecule has 3 aromatic carbocycles. The van der Waals surface area contributed by atoms with E-state index in [-0.39, 0.29) is 12.6 Å².